The molecular weight excluding hydrogens is 310 g/mol. The predicted octanol–water partition coefficient (Wildman–Crippen LogP) is 2.78. The number of nitrogens with zero attached hydrogens (tertiary/aromatic N) is 1. The minimum atomic E-state index is -0.0814. The Morgan fingerprint density at radius 3 is 2.91 bits per heavy atom. The molecule has 2 N–H and O–H groups in total. The normalized spacial score (nSPS) is 11.2. The molecule has 0 aliphatic heterocycles. The smallest absolute Gasteiger partial charge is 0.259 e. The Morgan fingerprint density at radius 1 is 1.30 bits per heavy atom. The van der Waals surface area contributed by atoms with E-state index >= 15 is 0 Å². The third kappa shape index (κ3) is 3.85. The fraction of sp³-hybridized carbons (Fsp3) is 0.294. The van der Waals surface area contributed by atoms with Crippen molar-refractivity contribution in [3.63, 3.8) is 0 Å². The zero-order valence-electron chi connectivity index (χ0n) is 13.0. The highest BCUT2D eigenvalue weighted by atomic mass is 32.1. The van der Waals surface area contributed by atoms with Crippen molar-refractivity contribution >= 4 is 21.6 Å². The molecule has 6 heteroatoms. The van der Waals surface area contributed by atoms with Crippen molar-refractivity contribution in [3.8, 4) is 10.4 Å². The Labute approximate surface area is 138 Å². The molecule has 3 rings (SSSR count). The summed E-state index contributed by atoms with van der Waals surface area (Å²) in [5.41, 5.74) is 1.02. The first-order valence-corrected chi connectivity index (χ1v) is 8.37. The van der Waals surface area contributed by atoms with Gasteiger partial charge in [0, 0.05) is 18.6 Å². The molecule has 0 fully saturated rings. The Morgan fingerprint density at radius 2 is 2.13 bits per heavy atom. The highest BCUT2D eigenvalue weighted by Gasteiger charge is 2.10. The Hall–Kier alpha value is -2.02. The van der Waals surface area contributed by atoms with Crippen LogP contribution in [0, 0.1) is 0 Å². The molecule has 0 unspecified atom stereocenters. The van der Waals surface area contributed by atoms with Gasteiger partial charge in [-0.3, -0.25) is 4.79 Å². The molecule has 120 valence electrons. The van der Waals surface area contributed by atoms with E-state index in [2.05, 4.69) is 15.3 Å². The third-order valence-electron chi connectivity index (χ3n) is 3.50. The zero-order chi connectivity index (χ0) is 16.1. The van der Waals surface area contributed by atoms with Crippen molar-refractivity contribution < 1.29 is 4.74 Å². The van der Waals surface area contributed by atoms with Crippen LogP contribution in [0.5, 0.6) is 0 Å². The van der Waals surface area contributed by atoms with Crippen LogP contribution in [0.25, 0.3) is 20.7 Å². The molecule has 2 aromatic heterocycles. The summed E-state index contributed by atoms with van der Waals surface area (Å²) in [5, 5.41) is 3.91. The van der Waals surface area contributed by atoms with Crippen LogP contribution in [0.1, 0.15) is 12.2 Å². The van der Waals surface area contributed by atoms with Gasteiger partial charge < -0.3 is 15.0 Å². The second kappa shape index (κ2) is 7.50. The number of methoxy groups -OCH3 is 1. The van der Waals surface area contributed by atoms with Gasteiger partial charge in [-0.1, -0.05) is 30.3 Å². The molecule has 0 atom stereocenters. The maximum absolute atomic E-state index is 12.2. The van der Waals surface area contributed by atoms with Gasteiger partial charge in [0.15, 0.2) is 0 Å². The van der Waals surface area contributed by atoms with Crippen molar-refractivity contribution in [3.05, 3.63) is 52.6 Å². The van der Waals surface area contributed by atoms with E-state index in [4.69, 9.17) is 4.74 Å². The molecule has 1 aromatic carbocycles. The van der Waals surface area contributed by atoms with E-state index in [1.165, 1.54) is 0 Å². The fourth-order valence-corrected chi connectivity index (χ4v) is 3.41. The number of nitrogens with one attached hydrogen (secondary N) is 2. The molecule has 5 nitrogen and oxygen atoms in total. The first-order valence-electron chi connectivity index (χ1n) is 7.56. The maximum atomic E-state index is 12.2. The van der Waals surface area contributed by atoms with Gasteiger partial charge in [-0.05, 0) is 24.6 Å². The first kappa shape index (κ1) is 15.9. The van der Waals surface area contributed by atoms with Crippen molar-refractivity contribution in [2.75, 3.05) is 20.3 Å². The van der Waals surface area contributed by atoms with Gasteiger partial charge in [-0.15, -0.1) is 11.3 Å². The van der Waals surface area contributed by atoms with E-state index in [1.807, 2.05) is 36.4 Å². The second-order valence-electron chi connectivity index (χ2n) is 5.23. The van der Waals surface area contributed by atoms with Gasteiger partial charge >= 0.3 is 0 Å². The second-order valence-corrected chi connectivity index (χ2v) is 6.26. The Kier molecular flexibility index (Phi) is 5.17. The minimum Gasteiger partial charge on any atom is -0.385 e. The average molecular weight is 329 g/mol. The van der Waals surface area contributed by atoms with Crippen LogP contribution in [0.4, 0.5) is 0 Å². The number of benzene rings is 1. The Bertz CT molecular complexity index is 827. The van der Waals surface area contributed by atoms with Gasteiger partial charge in [-0.25, -0.2) is 4.98 Å². The number of fused-ring (bicyclic) bond motifs is 1. The number of H-pyrrole nitrogens is 1. The molecule has 0 spiro atoms. The zero-order valence-corrected chi connectivity index (χ0v) is 13.8. The lowest BCUT2D eigenvalue weighted by Crippen LogP contribution is -2.20. The van der Waals surface area contributed by atoms with Crippen LogP contribution in [0.15, 0.2) is 41.2 Å². The maximum Gasteiger partial charge on any atom is 0.259 e. The molecular formula is C17H19N3O2S. The highest BCUT2D eigenvalue weighted by Crippen LogP contribution is 2.30. The first-order chi connectivity index (χ1) is 11.3. The number of hydrogen-bond donors (Lipinski definition) is 2. The SMILES string of the molecule is COCCCNCc1nc2sc(-c3ccccc3)cc2c(=O)[nH]1. The van der Waals surface area contributed by atoms with Crippen molar-refractivity contribution in [1.82, 2.24) is 15.3 Å². The van der Waals surface area contributed by atoms with Crippen LogP contribution >= 0.6 is 11.3 Å². The molecule has 23 heavy (non-hydrogen) atoms. The lowest BCUT2D eigenvalue weighted by molar-refractivity contribution is 0.194. The van der Waals surface area contributed by atoms with Crippen molar-refractivity contribution in [1.29, 1.82) is 0 Å². The molecule has 0 aliphatic carbocycles. The Balaban J connectivity index is 1.80. The van der Waals surface area contributed by atoms with E-state index in [-0.39, 0.29) is 5.56 Å². The summed E-state index contributed by atoms with van der Waals surface area (Å²) < 4.78 is 5.00. The van der Waals surface area contributed by atoms with Gasteiger partial charge in [0.2, 0.25) is 0 Å². The molecule has 0 saturated carbocycles. The molecule has 0 radical (unpaired) electrons. The molecule has 0 saturated heterocycles. The van der Waals surface area contributed by atoms with E-state index in [1.54, 1.807) is 18.4 Å². The van der Waals surface area contributed by atoms with Crippen LogP contribution in [0.2, 0.25) is 0 Å². The molecule has 3 aromatic rings. The largest absolute Gasteiger partial charge is 0.385 e. The summed E-state index contributed by atoms with van der Waals surface area (Å²) in [5.74, 6) is 0.668. The van der Waals surface area contributed by atoms with Gasteiger partial charge in [-0.2, -0.15) is 0 Å². The number of aromatic amines is 1. The molecule has 0 aliphatic rings. The van der Waals surface area contributed by atoms with Crippen molar-refractivity contribution in [2.24, 2.45) is 0 Å². The number of rotatable bonds is 7. The fourth-order valence-electron chi connectivity index (χ4n) is 2.35. The molecule has 0 bridgehead atoms. The van der Waals surface area contributed by atoms with E-state index in [0.717, 1.165) is 34.8 Å². The van der Waals surface area contributed by atoms with Gasteiger partial charge in [0.05, 0.1) is 11.9 Å². The predicted molar refractivity (Wildman–Crippen MR) is 93.9 cm³/mol. The van der Waals surface area contributed by atoms with E-state index in [0.29, 0.717) is 17.8 Å². The minimum absolute atomic E-state index is 0.0814. The van der Waals surface area contributed by atoms with Crippen LogP contribution < -0.4 is 10.9 Å². The summed E-state index contributed by atoms with van der Waals surface area (Å²) in [6, 6.07) is 12.0. The van der Waals surface area contributed by atoms with Crippen LogP contribution in [-0.4, -0.2) is 30.2 Å². The van der Waals surface area contributed by atoms with Crippen LogP contribution in [-0.2, 0) is 11.3 Å². The third-order valence-corrected chi connectivity index (χ3v) is 4.58. The number of hydrogen-bond acceptors (Lipinski definition) is 5. The van der Waals surface area contributed by atoms with E-state index < -0.39 is 0 Å². The number of ether oxygens (including phenoxy) is 1. The quantitative estimate of drug-likeness (QED) is 0.654. The summed E-state index contributed by atoms with van der Waals surface area (Å²) in [6.07, 6.45) is 0.931. The van der Waals surface area contributed by atoms with Crippen LogP contribution in [0.3, 0.4) is 0 Å². The topological polar surface area (TPSA) is 67.0 Å². The standard InChI is InChI=1S/C17H19N3O2S/c1-22-9-5-8-18-11-15-19-16(21)13-10-14(23-17(13)20-15)12-6-3-2-4-7-12/h2-4,6-7,10,18H,5,8-9,11H2,1H3,(H,19,20,21). The highest BCUT2D eigenvalue weighted by molar-refractivity contribution is 7.21. The number of aromatic nitrogens is 2. The number of thiophene rings is 1. The van der Waals surface area contributed by atoms with Crippen molar-refractivity contribution in [2.45, 2.75) is 13.0 Å². The molecule has 0 amide bonds. The monoisotopic (exact) mass is 329 g/mol. The summed E-state index contributed by atoms with van der Waals surface area (Å²) in [4.78, 5) is 21.5. The molecule has 2 heterocycles. The summed E-state index contributed by atoms with van der Waals surface area (Å²) >= 11 is 1.55. The lowest BCUT2D eigenvalue weighted by Gasteiger charge is -2.03. The van der Waals surface area contributed by atoms with Gasteiger partial charge in [0.25, 0.3) is 5.56 Å². The van der Waals surface area contributed by atoms with Gasteiger partial charge in [0.1, 0.15) is 10.7 Å². The lowest BCUT2D eigenvalue weighted by atomic mass is 10.2. The van der Waals surface area contributed by atoms with E-state index in [9.17, 15) is 4.79 Å². The summed E-state index contributed by atoms with van der Waals surface area (Å²) in [7, 11) is 1.69. The summed E-state index contributed by atoms with van der Waals surface area (Å²) in [6.45, 7) is 2.10. The average Bonchev–Trinajstić information content (AvgIpc) is 3.00.